The molecule has 0 bridgehead atoms. The fourth-order valence-corrected chi connectivity index (χ4v) is 3.95. The molecule has 25 heavy (non-hydrogen) atoms. The van der Waals surface area contributed by atoms with E-state index >= 15 is 0 Å². The van der Waals surface area contributed by atoms with Crippen molar-refractivity contribution in [1.29, 1.82) is 0 Å². The zero-order chi connectivity index (χ0) is 18.1. The maximum atomic E-state index is 12.8. The van der Waals surface area contributed by atoms with Crippen LogP contribution in [0.3, 0.4) is 0 Å². The summed E-state index contributed by atoms with van der Waals surface area (Å²) in [7, 11) is 0. The molecule has 5 nitrogen and oxygen atoms in total. The second kappa shape index (κ2) is 6.78. The Bertz CT molecular complexity index is 917. The van der Waals surface area contributed by atoms with Gasteiger partial charge in [0, 0.05) is 12.1 Å². The molecule has 1 fully saturated rings. The highest BCUT2D eigenvalue weighted by Crippen LogP contribution is 2.36. The van der Waals surface area contributed by atoms with Crippen LogP contribution in [-0.2, 0) is 4.79 Å². The van der Waals surface area contributed by atoms with Crippen LogP contribution in [0, 0.1) is 24.0 Å². The number of carbonyl (C=O) groups is 1. The number of hydrogen-bond acceptors (Lipinski definition) is 5. The Morgan fingerprint density at radius 2 is 1.84 bits per heavy atom. The molecule has 1 aliphatic heterocycles. The van der Waals surface area contributed by atoms with E-state index in [0.717, 1.165) is 16.8 Å². The highest BCUT2D eigenvalue weighted by molar-refractivity contribution is 8.27. The number of nitro groups is 1. The number of benzene rings is 2. The Morgan fingerprint density at radius 3 is 2.48 bits per heavy atom. The molecule has 0 atom stereocenters. The highest BCUT2D eigenvalue weighted by atomic mass is 32.2. The summed E-state index contributed by atoms with van der Waals surface area (Å²) in [4.78, 5) is 25.2. The molecular formula is C18H14N2O3S2. The molecule has 1 amide bonds. The van der Waals surface area contributed by atoms with Gasteiger partial charge >= 0.3 is 0 Å². The van der Waals surface area contributed by atoms with Gasteiger partial charge in [0.15, 0.2) is 4.32 Å². The summed E-state index contributed by atoms with van der Waals surface area (Å²) in [6.07, 6.45) is 1.63. The van der Waals surface area contributed by atoms with Crippen LogP contribution in [-0.4, -0.2) is 15.2 Å². The molecule has 0 aliphatic carbocycles. The number of nitrogens with zero attached hydrogens (tertiary/aromatic N) is 2. The van der Waals surface area contributed by atoms with Gasteiger partial charge in [-0.2, -0.15) is 0 Å². The largest absolute Gasteiger partial charge is 0.270 e. The third-order valence-corrected chi connectivity index (χ3v) is 4.94. The molecule has 0 unspecified atom stereocenters. The second-order valence-corrected chi connectivity index (χ2v) is 7.39. The molecule has 0 radical (unpaired) electrons. The minimum atomic E-state index is -0.460. The Hall–Kier alpha value is -2.51. The van der Waals surface area contributed by atoms with Crippen LogP contribution >= 0.6 is 24.0 Å². The minimum absolute atomic E-state index is 0.0152. The van der Waals surface area contributed by atoms with Gasteiger partial charge < -0.3 is 0 Å². The molecule has 7 heteroatoms. The molecule has 1 heterocycles. The first-order valence-electron chi connectivity index (χ1n) is 7.46. The average Bonchev–Trinajstić information content (AvgIpc) is 2.80. The lowest BCUT2D eigenvalue weighted by molar-refractivity contribution is -0.384. The van der Waals surface area contributed by atoms with E-state index in [1.807, 2.05) is 32.0 Å². The maximum absolute atomic E-state index is 12.8. The standard InChI is InChI=1S/C18H14N2O3S2/c1-11-6-12(2)8-15(7-11)19-17(21)16(25-18(19)24)10-13-4-3-5-14(9-13)20(22)23/h3-10H,1-2H3/b16-10-. The SMILES string of the molecule is Cc1cc(C)cc(N2C(=O)/C(=C/c3cccc([N+](=O)[O-])c3)SC2=S)c1. The number of thioether (sulfide) groups is 1. The van der Waals surface area contributed by atoms with Crippen LogP contribution in [0.5, 0.6) is 0 Å². The van der Waals surface area contributed by atoms with Gasteiger partial charge in [0.05, 0.1) is 15.5 Å². The van der Waals surface area contributed by atoms with Crippen LogP contribution in [0.4, 0.5) is 11.4 Å². The van der Waals surface area contributed by atoms with E-state index in [-0.39, 0.29) is 11.6 Å². The lowest BCUT2D eigenvalue weighted by Gasteiger charge is -2.16. The fourth-order valence-electron chi connectivity index (χ4n) is 2.65. The summed E-state index contributed by atoms with van der Waals surface area (Å²) in [5.74, 6) is -0.216. The summed E-state index contributed by atoms with van der Waals surface area (Å²) in [5, 5.41) is 10.9. The number of anilines is 1. The predicted molar refractivity (Wildman–Crippen MR) is 105 cm³/mol. The summed E-state index contributed by atoms with van der Waals surface area (Å²) in [6, 6.07) is 12.0. The molecule has 1 aliphatic rings. The van der Waals surface area contributed by atoms with E-state index in [1.165, 1.54) is 28.8 Å². The van der Waals surface area contributed by atoms with E-state index in [9.17, 15) is 14.9 Å². The lowest BCUT2D eigenvalue weighted by atomic mass is 10.1. The number of amides is 1. The number of rotatable bonds is 3. The van der Waals surface area contributed by atoms with Crippen molar-refractivity contribution >= 4 is 51.7 Å². The molecule has 0 aromatic heterocycles. The zero-order valence-corrected chi connectivity index (χ0v) is 15.2. The highest BCUT2D eigenvalue weighted by Gasteiger charge is 2.33. The van der Waals surface area contributed by atoms with Crippen molar-refractivity contribution in [2.45, 2.75) is 13.8 Å². The summed E-state index contributed by atoms with van der Waals surface area (Å²) >= 11 is 6.56. The molecule has 0 saturated carbocycles. The molecule has 1 saturated heterocycles. The molecule has 0 spiro atoms. The minimum Gasteiger partial charge on any atom is -0.268 e. The number of non-ortho nitro benzene ring substituents is 1. The van der Waals surface area contributed by atoms with Gasteiger partial charge in [-0.1, -0.05) is 42.2 Å². The first kappa shape index (κ1) is 17.3. The number of thiocarbonyl (C=S) groups is 1. The molecule has 0 N–H and O–H groups in total. The predicted octanol–water partition coefficient (Wildman–Crippen LogP) is 4.62. The topological polar surface area (TPSA) is 63.5 Å². The molecule has 3 rings (SSSR count). The van der Waals surface area contributed by atoms with E-state index < -0.39 is 4.92 Å². The Morgan fingerprint density at radius 1 is 1.16 bits per heavy atom. The number of carbonyl (C=O) groups excluding carboxylic acids is 1. The van der Waals surface area contributed by atoms with Crippen molar-refractivity contribution in [3.63, 3.8) is 0 Å². The van der Waals surface area contributed by atoms with E-state index in [2.05, 4.69) is 0 Å². The van der Waals surface area contributed by atoms with E-state index in [4.69, 9.17) is 12.2 Å². The van der Waals surface area contributed by atoms with Gasteiger partial charge in [-0.25, -0.2) is 0 Å². The molecule has 2 aromatic carbocycles. The Labute approximate surface area is 154 Å². The molecular weight excluding hydrogens is 356 g/mol. The second-order valence-electron chi connectivity index (χ2n) is 5.72. The quantitative estimate of drug-likeness (QED) is 0.341. The number of aryl methyl sites for hydroxylation is 2. The van der Waals surface area contributed by atoms with E-state index in [0.29, 0.717) is 14.8 Å². The van der Waals surface area contributed by atoms with Crippen molar-refractivity contribution in [3.8, 4) is 0 Å². The maximum Gasteiger partial charge on any atom is 0.270 e. The first-order chi connectivity index (χ1) is 11.8. The van der Waals surface area contributed by atoms with Crippen molar-refractivity contribution < 1.29 is 9.72 Å². The lowest BCUT2D eigenvalue weighted by Crippen LogP contribution is -2.27. The third kappa shape index (κ3) is 3.62. The van der Waals surface area contributed by atoms with Crippen molar-refractivity contribution in [2.24, 2.45) is 0 Å². The van der Waals surface area contributed by atoms with Gasteiger partial charge in [0.2, 0.25) is 0 Å². The van der Waals surface area contributed by atoms with Gasteiger partial charge in [0.25, 0.3) is 11.6 Å². The van der Waals surface area contributed by atoms with Crippen LogP contribution in [0.2, 0.25) is 0 Å². The monoisotopic (exact) mass is 370 g/mol. The van der Waals surface area contributed by atoms with Crippen molar-refractivity contribution in [3.05, 3.63) is 74.2 Å². The van der Waals surface area contributed by atoms with Crippen LogP contribution < -0.4 is 4.90 Å². The average molecular weight is 370 g/mol. The van der Waals surface area contributed by atoms with Crippen molar-refractivity contribution in [2.75, 3.05) is 4.90 Å². The molecule has 126 valence electrons. The summed E-state index contributed by atoms with van der Waals surface area (Å²) in [6.45, 7) is 3.93. The van der Waals surface area contributed by atoms with Crippen LogP contribution in [0.25, 0.3) is 6.08 Å². The van der Waals surface area contributed by atoms with E-state index in [1.54, 1.807) is 18.2 Å². The Kier molecular flexibility index (Phi) is 4.69. The smallest absolute Gasteiger partial charge is 0.268 e. The summed E-state index contributed by atoms with van der Waals surface area (Å²) in [5.41, 5.74) is 3.41. The summed E-state index contributed by atoms with van der Waals surface area (Å²) < 4.78 is 0.451. The number of hydrogen-bond donors (Lipinski definition) is 0. The van der Waals surface area contributed by atoms with Crippen molar-refractivity contribution in [1.82, 2.24) is 0 Å². The van der Waals surface area contributed by atoms with Crippen LogP contribution in [0.1, 0.15) is 16.7 Å². The molecule has 2 aromatic rings. The Balaban J connectivity index is 1.96. The van der Waals surface area contributed by atoms with Gasteiger partial charge in [-0.15, -0.1) is 0 Å². The normalized spacial score (nSPS) is 15.9. The van der Waals surface area contributed by atoms with Gasteiger partial charge in [-0.05, 0) is 48.7 Å². The fraction of sp³-hybridized carbons (Fsp3) is 0.111. The first-order valence-corrected chi connectivity index (χ1v) is 8.68. The van der Waals surface area contributed by atoms with Gasteiger partial charge in [-0.3, -0.25) is 19.8 Å². The van der Waals surface area contributed by atoms with Crippen LogP contribution in [0.15, 0.2) is 47.4 Å². The zero-order valence-electron chi connectivity index (χ0n) is 13.6. The number of nitro benzene ring substituents is 1. The third-order valence-electron chi connectivity index (χ3n) is 3.64. The van der Waals surface area contributed by atoms with Gasteiger partial charge in [0.1, 0.15) is 0 Å².